The van der Waals surface area contributed by atoms with Gasteiger partial charge in [-0.2, -0.15) is 5.26 Å². The first-order chi connectivity index (χ1) is 14.9. The molecule has 0 spiro atoms. The Labute approximate surface area is 194 Å². The first kappa shape index (κ1) is 24.8. The summed E-state index contributed by atoms with van der Waals surface area (Å²) in [5.41, 5.74) is 4.50. The van der Waals surface area contributed by atoms with E-state index in [0.29, 0.717) is 17.2 Å². The number of rotatable bonds is 9. The van der Waals surface area contributed by atoms with Crippen molar-refractivity contribution in [2.45, 2.75) is 34.6 Å². The third kappa shape index (κ3) is 6.25. The van der Waals surface area contributed by atoms with Gasteiger partial charge in [-0.25, -0.2) is 4.89 Å². The van der Waals surface area contributed by atoms with Crippen molar-refractivity contribution in [1.29, 1.82) is 5.26 Å². The molecular weight excluding hydrogens is 432 g/mol. The molecule has 0 bridgehead atoms. The lowest BCUT2D eigenvalue weighted by molar-refractivity contribution is -0.398. The molecule has 0 amide bonds. The summed E-state index contributed by atoms with van der Waals surface area (Å²) < 4.78 is 0. The Hall–Kier alpha value is -2.50. The molecule has 0 aromatic heterocycles. The summed E-state index contributed by atoms with van der Waals surface area (Å²) in [7, 11) is 0. The van der Waals surface area contributed by atoms with Crippen molar-refractivity contribution < 1.29 is 9.88 Å². The predicted octanol–water partition coefficient (Wildman–Crippen LogP) is 5.78. The number of nitrogens with zero attached hydrogens (tertiary/aromatic N) is 4. The van der Waals surface area contributed by atoms with E-state index in [1.807, 2.05) is 44.2 Å². The summed E-state index contributed by atoms with van der Waals surface area (Å²) in [6.45, 7) is 12.1. The molecule has 1 heterocycles. The molecule has 0 aliphatic carbocycles. The number of benzene rings is 1. The molecule has 31 heavy (non-hydrogen) atoms. The highest BCUT2D eigenvalue weighted by atomic mass is 35.5. The van der Waals surface area contributed by atoms with Gasteiger partial charge in [0.25, 0.3) is 0 Å². The Kier molecular flexibility index (Phi) is 9.41. The van der Waals surface area contributed by atoms with Crippen LogP contribution in [0.25, 0.3) is 5.03 Å². The van der Waals surface area contributed by atoms with Crippen LogP contribution in [0.4, 0.5) is 5.69 Å². The average Bonchev–Trinajstić information content (AvgIpc) is 3.08. The smallest absolute Gasteiger partial charge is 0.174 e. The van der Waals surface area contributed by atoms with E-state index < -0.39 is 0 Å². The maximum Gasteiger partial charge on any atom is 0.174 e. The van der Waals surface area contributed by atoms with Gasteiger partial charge in [0, 0.05) is 23.8 Å². The molecule has 1 aliphatic rings. The van der Waals surface area contributed by atoms with Crippen molar-refractivity contribution >= 4 is 45.2 Å². The molecule has 2 rings (SSSR count). The van der Waals surface area contributed by atoms with Gasteiger partial charge in [-0.3, -0.25) is 0 Å². The minimum Gasteiger partial charge on any atom is -0.372 e. The Balaban J connectivity index is 2.25. The molecule has 0 radical (unpaired) electrons. The van der Waals surface area contributed by atoms with Crippen LogP contribution in [0.15, 0.2) is 58.2 Å². The lowest BCUT2D eigenvalue weighted by Crippen LogP contribution is -2.21. The molecule has 0 saturated carbocycles. The monoisotopic (exact) mass is 458 g/mol. The number of allylic oxidation sites excluding steroid dienone is 4. The molecule has 1 aromatic rings. The third-order valence-corrected chi connectivity index (χ3v) is 5.31. The SMILES string of the molecule is CCOON1N=C(C#N)/C(=C(C)/C=C(C)/C=C(\Cl)c2ccc(N(CC)CC)cc2)C1=S. The second-order valence-corrected chi connectivity index (χ2v) is 7.57. The first-order valence-electron chi connectivity index (χ1n) is 10.1. The van der Waals surface area contributed by atoms with Crippen LogP contribution < -0.4 is 4.90 Å². The summed E-state index contributed by atoms with van der Waals surface area (Å²) in [5, 5.41) is 15.1. The standard InChI is InChI=1S/C23H27ClN4O2S/c1-6-27(7-2)19-11-9-18(10-12-19)20(24)14-16(4)13-17(5)22-21(15-25)26-28(23(22)31)30-29-8-3/h9-14H,6-8H2,1-5H3/b16-13+,20-14-,22-17-. The molecule has 0 fully saturated rings. The van der Waals surface area contributed by atoms with Gasteiger partial charge in [-0.05, 0) is 69.5 Å². The molecule has 1 aliphatic heterocycles. The van der Waals surface area contributed by atoms with Crippen LogP contribution in [0, 0.1) is 11.3 Å². The fourth-order valence-electron chi connectivity index (χ4n) is 3.13. The van der Waals surface area contributed by atoms with E-state index in [9.17, 15) is 5.26 Å². The van der Waals surface area contributed by atoms with E-state index in [0.717, 1.165) is 35.0 Å². The van der Waals surface area contributed by atoms with E-state index in [1.165, 1.54) is 5.69 Å². The highest BCUT2D eigenvalue weighted by Gasteiger charge is 2.29. The van der Waals surface area contributed by atoms with Gasteiger partial charge >= 0.3 is 0 Å². The Morgan fingerprint density at radius 3 is 2.39 bits per heavy atom. The van der Waals surface area contributed by atoms with Gasteiger partial charge in [-0.1, -0.05) is 52.2 Å². The summed E-state index contributed by atoms with van der Waals surface area (Å²) in [6, 6.07) is 10.2. The van der Waals surface area contributed by atoms with Crippen molar-refractivity contribution in [2.24, 2.45) is 5.10 Å². The highest BCUT2D eigenvalue weighted by molar-refractivity contribution is 7.80. The summed E-state index contributed by atoms with van der Waals surface area (Å²) >= 11 is 11.9. The molecule has 1 aromatic carbocycles. The van der Waals surface area contributed by atoms with E-state index in [1.54, 1.807) is 6.92 Å². The van der Waals surface area contributed by atoms with Crippen LogP contribution in [0.2, 0.25) is 0 Å². The largest absolute Gasteiger partial charge is 0.372 e. The van der Waals surface area contributed by atoms with Crippen molar-refractivity contribution in [3.05, 3.63) is 58.7 Å². The number of nitriles is 1. The fraction of sp³-hybridized carbons (Fsp3) is 0.348. The number of anilines is 1. The Morgan fingerprint density at radius 1 is 1.19 bits per heavy atom. The molecule has 164 valence electrons. The van der Waals surface area contributed by atoms with Crippen molar-refractivity contribution in [3.63, 3.8) is 0 Å². The third-order valence-electron chi connectivity index (χ3n) is 4.63. The number of thiocarbonyl (C=S) groups is 1. The second kappa shape index (κ2) is 11.8. The zero-order valence-corrected chi connectivity index (χ0v) is 20.0. The molecule has 0 saturated heterocycles. The highest BCUT2D eigenvalue weighted by Crippen LogP contribution is 2.26. The predicted molar refractivity (Wildman–Crippen MR) is 130 cm³/mol. The second-order valence-electron chi connectivity index (χ2n) is 6.78. The van der Waals surface area contributed by atoms with E-state index in [4.69, 9.17) is 33.7 Å². The van der Waals surface area contributed by atoms with Crippen molar-refractivity contribution in [3.8, 4) is 6.07 Å². The summed E-state index contributed by atoms with van der Waals surface area (Å²) in [4.78, 5) is 12.4. The number of hydroxylamine groups is 1. The molecular formula is C23H27ClN4O2S. The van der Waals surface area contributed by atoms with Crippen LogP contribution >= 0.6 is 23.8 Å². The van der Waals surface area contributed by atoms with E-state index in [-0.39, 0.29) is 10.7 Å². The maximum atomic E-state index is 9.42. The van der Waals surface area contributed by atoms with Crippen molar-refractivity contribution in [2.75, 3.05) is 24.6 Å². The normalized spacial score (nSPS) is 16.4. The van der Waals surface area contributed by atoms with Crippen LogP contribution in [0.3, 0.4) is 0 Å². The zero-order chi connectivity index (χ0) is 23.0. The first-order valence-corrected chi connectivity index (χ1v) is 10.9. The fourth-order valence-corrected chi connectivity index (χ4v) is 3.76. The number of hydrogen-bond acceptors (Lipinski definition) is 6. The van der Waals surface area contributed by atoms with Gasteiger partial charge in [-0.15, -0.1) is 5.10 Å². The summed E-state index contributed by atoms with van der Waals surface area (Å²) in [6.07, 6.45) is 3.79. The molecule has 0 N–H and O–H groups in total. The number of hydrazone groups is 1. The average molecular weight is 459 g/mol. The number of hydrogen-bond donors (Lipinski definition) is 0. The van der Waals surface area contributed by atoms with Crippen molar-refractivity contribution in [1.82, 2.24) is 5.17 Å². The zero-order valence-electron chi connectivity index (χ0n) is 18.5. The van der Waals surface area contributed by atoms with E-state index >= 15 is 0 Å². The van der Waals surface area contributed by atoms with Gasteiger partial charge in [0.2, 0.25) is 0 Å². The van der Waals surface area contributed by atoms with Crippen LogP contribution in [0.5, 0.6) is 0 Å². The molecule has 0 unspecified atom stereocenters. The minimum atomic E-state index is 0.174. The van der Waals surface area contributed by atoms with Crippen LogP contribution in [0.1, 0.15) is 40.2 Å². The quantitative estimate of drug-likeness (QED) is 0.154. The van der Waals surface area contributed by atoms with Crippen LogP contribution in [-0.4, -0.2) is 35.6 Å². The molecule has 8 heteroatoms. The van der Waals surface area contributed by atoms with Gasteiger partial charge < -0.3 is 4.90 Å². The topological polar surface area (TPSA) is 61.1 Å². The lowest BCUT2D eigenvalue weighted by atomic mass is 10.0. The summed E-state index contributed by atoms with van der Waals surface area (Å²) in [5.74, 6) is 0. The number of halogens is 1. The van der Waals surface area contributed by atoms with Gasteiger partial charge in [0.05, 0.1) is 12.2 Å². The van der Waals surface area contributed by atoms with Gasteiger partial charge in [0.1, 0.15) is 6.07 Å². The maximum absolute atomic E-state index is 9.42. The minimum absolute atomic E-state index is 0.174. The van der Waals surface area contributed by atoms with E-state index in [2.05, 4.69) is 36.0 Å². The Bertz CT molecular complexity index is 970. The van der Waals surface area contributed by atoms with Gasteiger partial charge in [0.15, 0.2) is 10.7 Å². The lowest BCUT2D eigenvalue weighted by Gasteiger charge is -2.21. The molecule has 6 nitrogen and oxygen atoms in total. The Morgan fingerprint density at radius 2 is 1.84 bits per heavy atom. The van der Waals surface area contributed by atoms with Crippen LogP contribution in [-0.2, 0) is 9.88 Å². The molecule has 0 atom stereocenters.